The predicted octanol–water partition coefficient (Wildman–Crippen LogP) is 0.355. The van der Waals surface area contributed by atoms with Gasteiger partial charge >= 0.3 is 0 Å². The minimum absolute atomic E-state index is 0.133. The van der Waals surface area contributed by atoms with E-state index >= 15 is 0 Å². The molecule has 1 N–H and O–H groups in total. The molecule has 0 aromatic heterocycles. The fourth-order valence-electron chi connectivity index (χ4n) is 1.69. The summed E-state index contributed by atoms with van der Waals surface area (Å²) in [6.45, 7) is 4.31. The minimum atomic E-state index is -2.93. The first-order valence-electron chi connectivity index (χ1n) is 7.18. The molecule has 118 valence electrons. The van der Waals surface area contributed by atoms with Crippen LogP contribution >= 0.6 is 0 Å². The van der Waals surface area contributed by atoms with Crippen molar-refractivity contribution in [3.8, 4) is 0 Å². The molecule has 0 aromatic carbocycles. The quantitative estimate of drug-likeness (QED) is 0.378. The lowest BCUT2D eigenvalue weighted by molar-refractivity contribution is 0.115. The van der Waals surface area contributed by atoms with Gasteiger partial charge in [0.1, 0.15) is 0 Å². The standard InChI is InChI=1S/C13H27N3O3S/c1-4-20(17,18)10-7-15-13(14-2)16(3)8-9-19-11-12-5-6-12/h12H,4-11H2,1-3H3,(H,14,15). The van der Waals surface area contributed by atoms with E-state index in [1.54, 1.807) is 14.0 Å². The maximum atomic E-state index is 11.4. The second-order valence-electron chi connectivity index (χ2n) is 5.15. The Balaban J connectivity index is 2.18. The molecule has 1 aliphatic rings. The summed E-state index contributed by atoms with van der Waals surface area (Å²) in [5.41, 5.74) is 0. The summed E-state index contributed by atoms with van der Waals surface area (Å²) in [4.78, 5) is 6.09. The molecule has 1 saturated carbocycles. The molecule has 6 nitrogen and oxygen atoms in total. The van der Waals surface area contributed by atoms with Crippen molar-refractivity contribution in [2.24, 2.45) is 10.9 Å². The number of sulfone groups is 1. The molecule has 1 fully saturated rings. The van der Waals surface area contributed by atoms with Gasteiger partial charge < -0.3 is 15.0 Å². The molecule has 0 atom stereocenters. The summed E-state index contributed by atoms with van der Waals surface area (Å²) in [5, 5.41) is 3.06. The molecule has 1 aliphatic carbocycles. The summed E-state index contributed by atoms with van der Waals surface area (Å²) in [6, 6.07) is 0. The van der Waals surface area contributed by atoms with Crippen molar-refractivity contribution < 1.29 is 13.2 Å². The first kappa shape index (κ1) is 17.2. The van der Waals surface area contributed by atoms with E-state index in [1.807, 2.05) is 11.9 Å². The van der Waals surface area contributed by atoms with E-state index in [0.717, 1.165) is 19.1 Å². The van der Waals surface area contributed by atoms with Crippen molar-refractivity contribution in [3.63, 3.8) is 0 Å². The molecule has 7 heteroatoms. The van der Waals surface area contributed by atoms with E-state index in [-0.39, 0.29) is 11.5 Å². The fourth-order valence-corrected chi connectivity index (χ4v) is 2.39. The van der Waals surface area contributed by atoms with E-state index in [0.29, 0.717) is 19.1 Å². The average Bonchev–Trinajstić information content (AvgIpc) is 3.23. The number of likely N-dealkylation sites (N-methyl/N-ethyl adjacent to an activating group) is 1. The maximum absolute atomic E-state index is 11.4. The Bertz CT molecular complexity index is 405. The van der Waals surface area contributed by atoms with Crippen molar-refractivity contribution in [2.75, 3.05) is 51.9 Å². The highest BCUT2D eigenvalue weighted by Crippen LogP contribution is 2.28. The van der Waals surface area contributed by atoms with Crippen LogP contribution in [0, 0.1) is 5.92 Å². The zero-order chi connectivity index (χ0) is 15.0. The van der Waals surface area contributed by atoms with Gasteiger partial charge in [0.25, 0.3) is 0 Å². The number of guanidine groups is 1. The normalized spacial score (nSPS) is 16.2. The van der Waals surface area contributed by atoms with Crippen LogP contribution in [0.3, 0.4) is 0 Å². The van der Waals surface area contributed by atoms with Gasteiger partial charge in [0, 0.05) is 39.5 Å². The van der Waals surface area contributed by atoms with Gasteiger partial charge in [-0.2, -0.15) is 0 Å². The summed E-state index contributed by atoms with van der Waals surface area (Å²) in [7, 11) is 0.680. The van der Waals surface area contributed by atoms with Crippen molar-refractivity contribution in [2.45, 2.75) is 19.8 Å². The van der Waals surface area contributed by atoms with Crippen LogP contribution in [0.2, 0.25) is 0 Å². The topological polar surface area (TPSA) is 71.0 Å². The largest absolute Gasteiger partial charge is 0.379 e. The van der Waals surface area contributed by atoms with E-state index < -0.39 is 9.84 Å². The van der Waals surface area contributed by atoms with Gasteiger partial charge in [-0.1, -0.05) is 6.92 Å². The molecule has 0 heterocycles. The molecular weight excluding hydrogens is 278 g/mol. The van der Waals surface area contributed by atoms with Gasteiger partial charge in [-0.3, -0.25) is 4.99 Å². The van der Waals surface area contributed by atoms with Crippen LogP contribution in [0.4, 0.5) is 0 Å². The number of hydrogen-bond donors (Lipinski definition) is 1. The Morgan fingerprint density at radius 2 is 2.15 bits per heavy atom. The minimum Gasteiger partial charge on any atom is -0.379 e. The number of nitrogens with one attached hydrogen (secondary N) is 1. The van der Waals surface area contributed by atoms with Crippen molar-refractivity contribution >= 4 is 15.8 Å². The SMILES string of the molecule is CCS(=O)(=O)CCNC(=NC)N(C)CCOCC1CC1. The molecule has 0 spiro atoms. The lowest BCUT2D eigenvalue weighted by Crippen LogP contribution is -2.42. The molecular formula is C13H27N3O3S. The Morgan fingerprint density at radius 1 is 1.45 bits per heavy atom. The van der Waals surface area contributed by atoms with Crippen molar-refractivity contribution in [3.05, 3.63) is 0 Å². The predicted molar refractivity (Wildman–Crippen MR) is 81.9 cm³/mol. The molecule has 0 saturated heterocycles. The third-order valence-electron chi connectivity index (χ3n) is 3.33. The zero-order valence-electron chi connectivity index (χ0n) is 12.8. The van der Waals surface area contributed by atoms with Gasteiger partial charge in [0.15, 0.2) is 15.8 Å². The van der Waals surface area contributed by atoms with Gasteiger partial charge in [-0.15, -0.1) is 0 Å². The highest BCUT2D eigenvalue weighted by Gasteiger charge is 2.21. The first-order chi connectivity index (χ1) is 9.48. The van der Waals surface area contributed by atoms with Gasteiger partial charge in [0.05, 0.1) is 12.4 Å². The van der Waals surface area contributed by atoms with Crippen LogP contribution in [0.1, 0.15) is 19.8 Å². The van der Waals surface area contributed by atoms with E-state index in [4.69, 9.17) is 4.74 Å². The highest BCUT2D eigenvalue weighted by atomic mass is 32.2. The average molecular weight is 305 g/mol. The van der Waals surface area contributed by atoms with Gasteiger partial charge in [-0.05, 0) is 18.8 Å². The van der Waals surface area contributed by atoms with Crippen LogP contribution in [0.15, 0.2) is 4.99 Å². The molecule has 0 bridgehead atoms. The van der Waals surface area contributed by atoms with Crippen molar-refractivity contribution in [1.82, 2.24) is 10.2 Å². The first-order valence-corrected chi connectivity index (χ1v) is 9.00. The van der Waals surface area contributed by atoms with E-state index in [2.05, 4.69) is 10.3 Å². The van der Waals surface area contributed by atoms with Crippen molar-refractivity contribution in [1.29, 1.82) is 0 Å². The number of hydrogen-bond acceptors (Lipinski definition) is 4. The lowest BCUT2D eigenvalue weighted by atomic mass is 10.5. The molecule has 1 rings (SSSR count). The maximum Gasteiger partial charge on any atom is 0.193 e. The molecule has 0 amide bonds. The number of ether oxygens (including phenoxy) is 1. The lowest BCUT2D eigenvalue weighted by Gasteiger charge is -2.22. The zero-order valence-corrected chi connectivity index (χ0v) is 13.6. The molecule has 0 aliphatic heterocycles. The van der Waals surface area contributed by atoms with Crippen LogP contribution in [0.5, 0.6) is 0 Å². The second kappa shape index (κ2) is 8.46. The summed E-state index contributed by atoms with van der Waals surface area (Å²) in [5.74, 6) is 1.79. The molecule has 20 heavy (non-hydrogen) atoms. The van der Waals surface area contributed by atoms with Crippen LogP contribution in [-0.2, 0) is 14.6 Å². The fraction of sp³-hybridized carbons (Fsp3) is 0.923. The van der Waals surface area contributed by atoms with E-state index in [9.17, 15) is 8.42 Å². The summed E-state index contributed by atoms with van der Waals surface area (Å²) < 4.78 is 28.4. The monoisotopic (exact) mass is 305 g/mol. The summed E-state index contributed by atoms with van der Waals surface area (Å²) >= 11 is 0. The van der Waals surface area contributed by atoms with Crippen LogP contribution in [-0.4, -0.2) is 71.2 Å². The Labute approximate surface area is 122 Å². The Hall–Kier alpha value is -0.820. The number of nitrogens with zero attached hydrogens (tertiary/aromatic N) is 2. The van der Waals surface area contributed by atoms with Crippen LogP contribution < -0.4 is 5.32 Å². The number of aliphatic imine (C=N–C) groups is 1. The third-order valence-corrected chi connectivity index (χ3v) is 5.04. The number of rotatable bonds is 9. The third kappa shape index (κ3) is 7.09. The Morgan fingerprint density at radius 3 is 2.70 bits per heavy atom. The smallest absolute Gasteiger partial charge is 0.193 e. The van der Waals surface area contributed by atoms with Gasteiger partial charge in [0.2, 0.25) is 0 Å². The van der Waals surface area contributed by atoms with E-state index in [1.165, 1.54) is 12.8 Å². The van der Waals surface area contributed by atoms with Crippen LogP contribution in [0.25, 0.3) is 0 Å². The van der Waals surface area contributed by atoms with Gasteiger partial charge in [-0.25, -0.2) is 8.42 Å². The second-order valence-corrected chi connectivity index (χ2v) is 7.62. The summed E-state index contributed by atoms with van der Waals surface area (Å²) in [6.07, 6.45) is 2.59. The Kier molecular flexibility index (Phi) is 7.29. The molecule has 0 aromatic rings. The highest BCUT2D eigenvalue weighted by molar-refractivity contribution is 7.91. The molecule has 0 unspecified atom stereocenters. The molecule has 0 radical (unpaired) electrons.